The van der Waals surface area contributed by atoms with Gasteiger partial charge < -0.3 is 9.64 Å². The summed E-state index contributed by atoms with van der Waals surface area (Å²) < 4.78 is 5.32. The maximum absolute atomic E-state index is 11.8. The minimum atomic E-state index is -0.430. The fourth-order valence-corrected chi connectivity index (χ4v) is 2.27. The third-order valence-corrected chi connectivity index (χ3v) is 3.13. The van der Waals surface area contributed by atoms with Crippen LogP contribution in [-0.2, 0) is 11.2 Å². The predicted octanol–water partition coefficient (Wildman–Crippen LogP) is 3.14. The van der Waals surface area contributed by atoms with Crippen LogP contribution in [0.1, 0.15) is 26.3 Å². The third-order valence-electron chi connectivity index (χ3n) is 2.92. The van der Waals surface area contributed by atoms with Gasteiger partial charge in [-0.3, -0.25) is 0 Å². The van der Waals surface area contributed by atoms with Gasteiger partial charge in [-0.2, -0.15) is 0 Å². The first-order valence-electron chi connectivity index (χ1n) is 6.42. The molecule has 1 amide bonds. The monoisotopic (exact) mass is 282 g/mol. The molecule has 0 atom stereocenters. The van der Waals surface area contributed by atoms with Crippen LogP contribution in [0.15, 0.2) is 18.3 Å². The van der Waals surface area contributed by atoms with Crippen molar-refractivity contribution in [1.29, 1.82) is 0 Å². The standard InChI is InChI=1S/C14H19ClN2O2/c1-14(2,3)19-13(18)17-8-11(9-17)6-10-4-5-16-12(15)7-10/h4-5,7,11H,6,8-9H2,1-3H3. The molecule has 0 N–H and O–H groups in total. The normalized spacial score (nSPS) is 16.1. The summed E-state index contributed by atoms with van der Waals surface area (Å²) in [6.07, 6.45) is 2.40. The van der Waals surface area contributed by atoms with Gasteiger partial charge in [0.15, 0.2) is 0 Å². The lowest BCUT2D eigenvalue weighted by molar-refractivity contribution is -0.000880. The first-order valence-corrected chi connectivity index (χ1v) is 6.79. The minimum Gasteiger partial charge on any atom is -0.444 e. The molecule has 5 heteroatoms. The number of carbonyl (C=O) groups excluding carboxylic acids is 1. The lowest BCUT2D eigenvalue weighted by Gasteiger charge is -2.39. The average molecular weight is 283 g/mol. The molecule has 0 unspecified atom stereocenters. The number of aromatic nitrogens is 1. The van der Waals surface area contributed by atoms with E-state index in [1.807, 2.05) is 32.9 Å². The first-order chi connectivity index (χ1) is 8.83. The van der Waals surface area contributed by atoms with E-state index in [4.69, 9.17) is 16.3 Å². The number of nitrogens with zero attached hydrogens (tertiary/aromatic N) is 2. The van der Waals surface area contributed by atoms with Gasteiger partial charge in [0, 0.05) is 19.3 Å². The summed E-state index contributed by atoms with van der Waals surface area (Å²) >= 11 is 5.85. The maximum atomic E-state index is 11.8. The summed E-state index contributed by atoms with van der Waals surface area (Å²) in [7, 11) is 0. The third kappa shape index (κ3) is 4.10. The van der Waals surface area contributed by atoms with Crippen molar-refractivity contribution in [1.82, 2.24) is 9.88 Å². The molecule has 0 aliphatic carbocycles. The number of halogens is 1. The molecule has 1 aromatic rings. The number of pyridine rings is 1. The van der Waals surface area contributed by atoms with Crippen molar-refractivity contribution in [2.24, 2.45) is 5.92 Å². The fraction of sp³-hybridized carbons (Fsp3) is 0.571. The number of likely N-dealkylation sites (tertiary alicyclic amines) is 1. The van der Waals surface area contributed by atoms with Crippen LogP contribution in [0.25, 0.3) is 0 Å². The summed E-state index contributed by atoms with van der Waals surface area (Å²) in [5.74, 6) is 0.478. The Labute approximate surface area is 118 Å². The highest BCUT2D eigenvalue weighted by molar-refractivity contribution is 6.29. The lowest BCUT2D eigenvalue weighted by atomic mass is 9.93. The molecule has 0 aromatic carbocycles. The molecule has 1 aliphatic heterocycles. The second-order valence-electron chi connectivity index (χ2n) is 5.94. The smallest absolute Gasteiger partial charge is 0.410 e. The van der Waals surface area contributed by atoms with Crippen LogP contribution in [0, 0.1) is 5.92 Å². The average Bonchev–Trinajstić information content (AvgIpc) is 2.20. The van der Waals surface area contributed by atoms with Crippen LogP contribution in [0.5, 0.6) is 0 Å². The maximum Gasteiger partial charge on any atom is 0.410 e. The second kappa shape index (κ2) is 5.37. The molecule has 4 nitrogen and oxygen atoms in total. The van der Waals surface area contributed by atoms with Crippen molar-refractivity contribution in [3.63, 3.8) is 0 Å². The van der Waals surface area contributed by atoms with Crippen molar-refractivity contribution >= 4 is 17.7 Å². The van der Waals surface area contributed by atoms with Gasteiger partial charge in [-0.05, 0) is 50.8 Å². The molecular weight excluding hydrogens is 264 g/mol. The van der Waals surface area contributed by atoms with E-state index in [1.54, 1.807) is 11.1 Å². The number of ether oxygens (including phenoxy) is 1. The summed E-state index contributed by atoms with van der Waals surface area (Å²) in [6.45, 7) is 7.12. The van der Waals surface area contributed by atoms with Gasteiger partial charge in [0.1, 0.15) is 10.8 Å². The predicted molar refractivity (Wildman–Crippen MR) is 74.2 cm³/mol. The van der Waals surface area contributed by atoms with Crippen molar-refractivity contribution in [2.75, 3.05) is 13.1 Å². The van der Waals surface area contributed by atoms with Gasteiger partial charge in [0.05, 0.1) is 0 Å². The summed E-state index contributed by atoms with van der Waals surface area (Å²) in [6, 6.07) is 3.83. The van der Waals surface area contributed by atoms with E-state index < -0.39 is 5.60 Å². The number of rotatable bonds is 2. The van der Waals surface area contributed by atoms with Crippen LogP contribution < -0.4 is 0 Å². The molecule has 2 rings (SSSR count). The van der Waals surface area contributed by atoms with Crippen molar-refractivity contribution in [3.05, 3.63) is 29.0 Å². The van der Waals surface area contributed by atoms with Gasteiger partial charge in [0.25, 0.3) is 0 Å². The van der Waals surface area contributed by atoms with E-state index in [0.717, 1.165) is 25.1 Å². The quantitative estimate of drug-likeness (QED) is 0.783. The van der Waals surface area contributed by atoms with Gasteiger partial charge in [-0.15, -0.1) is 0 Å². The van der Waals surface area contributed by atoms with E-state index in [1.165, 1.54) is 0 Å². The summed E-state index contributed by atoms with van der Waals surface area (Å²) in [5, 5.41) is 0.515. The molecule has 0 radical (unpaired) electrons. The molecule has 0 spiro atoms. The Bertz CT molecular complexity index is 465. The van der Waals surface area contributed by atoms with Gasteiger partial charge in [-0.25, -0.2) is 9.78 Å². The SMILES string of the molecule is CC(C)(C)OC(=O)N1CC(Cc2ccnc(Cl)c2)C1. The number of amides is 1. The molecule has 1 aliphatic rings. The zero-order chi connectivity index (χ0) is 14.0. The Balaban J connectivity index is 1.79. The highest BCUT2D eigenvalue weighted by Gasteiger charge is 2.33. The van der Waals surface area contributed by atoms with Crippen LogP contribution in [0.2, 0.25) is 5.15 Å². The lowest BCUT2D eigenvalue weighted by Crippen LogP contribution is -2.52. The van der Waals surface area contributed by atoms with Crippen LogP contribution in [0.3, 0.4) is 0 Å². The van der Waals surface area contributed by atoms with E-state index in [9.17, 15) is 4.79 Å². The highest BCUT2D eigenvalue weighted by Crippen LogP contribution is 2.23. The van der Waals surface area contributed by atoms with Crippen LogP contribution >= 0.6 is 11.6 Å². The van der Waals surface area contributed by atoms with E-state index in [-0.39, 0.29) is 6.09 Å². The van der Waals surface area contributed by atoms with E-state index in [2.05, 4.69) is 4.98 Å². The topological polar surface area (TPSA) is 42.4 Å². The summed E-state index contributed by atoms with van der Waals surface area (Å²) in [4.78, 5) is 17.5. The molecule has 104 valence electrons. The zero-order valence-corrected chi connectivity index (χ0v) is 12.3. The fourth-order valence-electron chi connectivity index (χ4n) is 2.08. The molecule has 0 bridgehead atoms. The van der Waals surface area contributed by atoms with E-state index >= 15 is 0 Å². The molecule has 1 saturated heterocycles. The Hall–Kier alpha value is -1.29. The number of hydrogen-bond donors (Lipinski definition) is 0. The minimum absolute atomic E-state index is 0.225. The van der Waals surface area contributed by atoms with Gasteiger partial charge in [0.2, 0.25) is 0 Å². The number of carbonyl (C=O) groups is 1. The van der Waals surface area contributed by atoms with Crippen LogP contribution in [-0.4, -0.2) is 34.7 Å². The van der Waals surface area contributed by atoms with E-state index in [0.29, 0.717) is 11.1 Å². The first kappa shape index (κ1) is 14.1. The molecule has 0 saturated carbocycles. The van der Waals surface area contributed by atoms with Crippen LogP contribution in [0.4, 0.5) is 4.79 Å². The van der Waals surface area contributed by atoms with Crippen molar-refractivity contribution in [2.45, 2.75) is 32.8 Å². The summed E-state index contributed by atoms with van der Waals surface area (Å²) in [5.41, 5.74) is 0.731. The highest BCUT2D eigenvalue weighted by atomic mass is 35.5. The number of hydrogen-bond acceptors (Lipinski definition) is 3. The molecule has 19 heavy (non-hydrogen) atoms. The van der Waals surface area contributed by atoms with Gasteiger partial charge in [-0.1, -0.05) is 11.6 Å². The Kier molecular flexibility index (Phi) is 3.99. The molecular formula is C14H19ClN2O2. The Morgan fingerprint density at radius 3 is 2.79 bits per heavy atom. The molecule has 2 heterocycles. The largest absolute Gasteiger partial charge is 0.444 e. The van der Waals surface area contributed by atoms with Crippen molar-refractivity contribution < 1.29 is 9.53 Å². The Morgan fingerprint density at radius 1 is 1.53 bits per heavy atom. The zero-order valence-electron chi connectivity index (χ0n) is 11.5. The van der Waals surface area contributed by atoms with Crippen molar-refractivity contribution in [3.8, 4) is 0 Å². The second-order valence-corrected chi connectivity index (χ2v) is 6.33. The molecule has 1 fully saturated rings. The van der Waals surface area contributed by atoms with Gasteiger partial charge >= 0.3 is 6.09 Å². The Morgan fingerprint density at radius 2 is 2.21 bits per heavy atom. The molecule has 1 aromatic heterocycles.